The van der Waals surface area contributed by atoms with Crippen molar-refractivity contribution in [3.63, 3.8) is 0 Å². The third kappa shape index (κ3) is 2.71. The van der Waals surface area contributed by atoms with Crippen LogP contribution in [0.25, 0.3) is 0 Å². The predicted octanol–water partition coefficient (Wildman–Crippen LogP) is 2.30. The molecular weight excluding hydrogens is 308 g/mol. The van der Waals surface area contributed by atoms with E-state index in [0.29, 0.717) is 5.54 Å². The second-order valence-electron chi connectivity index (χ2n) is 9.46. The van der Waals surface area contributed by atoms with Crippen molar-refractivity contribution in [1.82, 2.24) is 4.90 Å². The van der Waals surface area contributed by atoms with Gasteiger partial charge >= 0.3 is 0 Å². The molecule has 1 heterocycles. The molecule has 1 aromatic rings. The largest absolute Gasteiger partial charge is 0.327 e. The van der Waals surface area contributed by atoms with Crippen molar-refractivity contribution in [3.05, 3.63) is 35.4 Å². The summed E-state index contributed by atoms with van der Waals surface area (Å²) in [6.45, 7) is 6.24. The van der Waals surface area contributed by atoms with Crippen molar-refractivity contribution in [2.24, 2.45) is 17.8 Å². The average molecular weight is 340 g/mol. The van der Waals surface area contributed by atoms with Crippen LogP contribution in [0.2, 0.25) is 0 Å². The van der Waals surface area contributed by atoms with Crippen molar-refractivity contribution in [2.45, 2.75) is 51.0 Å². The molecule has 1 N–H and O–H groups in total. The lowest BCUT2D eigenvalue weighted by atomic mass is 9.52. The Hall–Kier alpha value is -1.35. The highest BCUT2D eigenvalue weighted by Gasteiger charge is 2.56. The topological polar surface area (TPSA) is 24.8 Å². The molecule has 0 aromatic heterocycles. The standard InChI is InChI=1S/C22H30N2O/c1-16-3-2-4-20(9-16)21(25)23-5-7-24(8-6-23)22-13-17-10-18(14-22)12-19(11-17)15-22/h2-4,9,17-19H,5-8,10-15H2,1H3/p+1. The molecule has 4 bridgehead atoms. The van der Waals surface area contributed by atoms with Crippen LogP contribution >= 0.6 is 0 Å². The minimum atomic E-state index is 0.230. The second kappa shape index (κ2) is 5.84. The van der Waals surface area contributed by atoms with Crippen LogP contribution in [0.1, 0.15) is 54.4 Å². The summed E-state index contributed by atoms with van der Waals surface area (Å²) >= 11 is 0. The normalized spacial score (nSPS) is 37.5. The molecule has 134 valence electrons. The minimum absolute atomic E-state index is 0.230. The van der Waals surface area contributed by atoms with Crippen molar-refractivity contribution in [2.75, 3.05) is 26.2 Å². The van der Waals surface area contributed by atoms with Gasteiger partial charge in [0.2, 0.25) is 0 Å². The molecule has 1 saturated heterocycles. The van der Waals surface area contributed by atoms with Gasteiger partial charge < -0.3 is 9.80 Å². The smallest absolute Gasteiger partial charge is 0.254 e. The monoisotopic (exact) mass is 339 g/mol. The maximum absolute atomic E-state index is 12.8. The van der Waals surface area contributed by atoms with Gasteiger partial charge in [0.1, 0.15) is 0 Å². The number of nitrogens with zero attached hydrogens (tertiary/aromatic N) is 1. The van der Waals surface area contributed by atoms with Gasteiger partial charge in [-0.1, -0.05) is 17.7 Å². The summed E-state index contributed by atoms with van der Waals surface area (Å²) < 4.78 is 0. The van der Waals surface area contributed by atoms with E-state index in [1.54, 1.807) is 0 Å². The zero-order valence-corrected chi connectivity index (χ0v) is 15.5. The van der Waals surface area contributed by atoms with Gasteiger partial charge in [-0.15, -0.1) is 0 Å². The number of carbonyl (C=O) groups excluding carboxylic acids is 1. The Balaban J connectivity index is 1.27. The Kier molecular flexibility index (Phi) is 3.70. The van der Waals surface area contributed by atoms with Gasteiger partial charge in [-0.2, -0.15) is 0 Å². The number of aryl methyl sites for hydroxylation is 1. The van der Waals surface area contributed by atoms with Crippen molar-refractivity contribution in [1.29, 1.82) is 0 Å². The molecule has 3 heteroatoms. The van der Waals surface area contributed by atoms with E-state index in [9.17, 15) is 4.79 Å². The van der Waals surface area contributed by atoms with Crippen LogP contribution in [0, 0.1) is 24.7 Å². The molecule has 5 fully saturated rings. The van der Waals surface area contributed by atoms with E-state index in [1.165, 1.54) is 44.1 Å². The molecule has 1 aromatic carbocycles. The van der Waals surface area contributed by atoms with Crippen LogP contribution in [-0.4, -0.2) is 42.5 Å². The quantitative estimate of drug-likeness (QED) is 0.879. The van der Waals surface area contributed by atoms with Gasteiger partial charge in [-0.25, -0.2) is 0 Å². The lowest BCUT2D eigenvalue weighted by molar-refractivity contribution is -0.962. The van der Waals surface area contributed by atoms with Crippen molar-refractivity contribution in [3.8, 4) is 0 Å². The highest BCUT2D eigenvalue weighted by Crippen LogP contribution is 2.54. The van der Waals surface area contributed by atoms with Crippen molar-refractivity contribution < 1.29 is 9.69 Å². The number of carbonyl (C=O) groups is 1. The number of benzene rings is 1. The van der Waals surface area contributed by atoms with Gasteiger partial charge in [0.05, 0.1) is 31.7 Å². The first-order chi connectivity index (χ1) is 12.1. The number of hydrogen-bond donors (Lipinski definition) is 1. The van der Waals surface area contributed by atoms with Crippen LogP contribution < -0.4 is 4.90 Å². The summed E-state index contributed by atoms with van der Waals surface area (Å²) in [5, 5.41) is 0. The molecular formula is C22H31N2O+. The fraction of sp³-hybridized carbons (Fsp3) is 0.682. The van der Waals surface area contributed by atoms with Crippen LogP contribution in [0.15, 0.2) is 24.3 Å². The van der Waals surface area contributed by atoms with Crippen LogP contribution in [0.4, 0.5) is 0 Å². The molecule has 1 aliphatic heterocycles. The first-order valence-electron chi connectivity index (χ1n) is 10.3. The molecule has 25 heavy (non-hydrogen) atoms. The molecule has 3 nitrogen and oxygen atoms in total. The Bertz CT molecular complexity index is 639. The Morgan fingerprint density at radius 3 is 2.20 bits per heavy atom. The summed E-state index contributed by atoms with van der Waals surface area (Å²) in [7, 11) is 0. The van der Waals surface area contributed by atoms with Gasteiger partial charge in [0, 0.05) is 24.8 Å². The number of piperazine rings is 1. The molecule has 1 amide bonds. The van der Waals surface area contributed by atoms with E-state index in [2.05, 4.69) is 17.9 Å². The maximum atomic E-state index is 12.8. The van der Waals surface area contributed by atoms with E-state index in [0.717, 1.165) is 49.5 Å². The second-order valence-corrected chi connectivity index (χ2v) is 9.46. The Morgan fingerprint density at radius 2 is 1.64 bits per heavy atom. The minimum Gasteiger partial charge on any atom is -0.327 e. The molecule has 4 aliphatic carbocycles. The molecule has 0 radical (unpaired) electrons. The predicted molar refractivity (Wildman–Crippen MR) is 98.7 cm³/mol. The van der Waals surface area contributed by atoms with Gasteiger partial charge in [-0.3, -0.25) is 4.79 Å². The van der Waals surface area contributed by atoms with E-state index in [4.69, 9.17) is 0 Å². The van der Waals surface area contributed by atoms with Gasteiger partial charge in [-0.05, 0) is 56.1 Å². The molecule has 0 unspecified atom stereocenters. The molecule has 6 rings (SSSR count). The summed E-state index contributed by atoms with van der Waals surface area (Å²) in [6, 6.07) is 8.06. The van der Waals surface area contributed by atoms with E-state index in [-0.39, 0.29) is 5.91 Å². The first kappa shape index (κ1) is 15.9. The first-order valence-corrected chi connectivity index (χ1v) is 10.3. The summed E-state index contributed by atoms with van der Waals surface area (Å²) in [6.07, 6.45) is 8.97. The maximum Gasteiger partial charge on any atom is 0.254 e. The van der Waals surface area contributed by atoms with Crippen molar-refractivity contribution >= 4 is 5.91 Å². The summed E-state index contributed by atoms with van der Waals surface area (Å²) in [4.78, 5) is 16.8. The molecule has 0 spiro atoms. The van der Waals surface area contributed by atoms with E-state index < -0.39 is 0 Å². The van der Waals surface area contributed by atoms with Crippen LogP contribution in [0.3, 0.4) is 0 Å². The van der Waals surface area contributed by atoms with Gasteiger partial charge in [0.15, 0.2) is 0 Å². The van der Waals surface area contributed by atoms with Crippen LogP contribution in [0.5, 0.6) is 0 Å². The average Bonchev–Trinajstić information content (AvgIpc) is 2.60. The van der Waals surface area contributed by atoms with E-state index >= 15 is 0 Å². The number of amides is 1. The van der Waals surface area contributed by atoms with Crippen LogP contribution in [-0.2, 0) is 0 Å². The fourth-order valence-electron chi connectivity index (χ4n) is 7.01. The fourth-order valence-corrected chi connectivity index (χ4v) is 7.01. The number of quaternary nitrogens is 1. The number of rotatable bonds is 2. The summed E-state index contributed by atoms with van der Waals surface area (Å²) in [5.74, 6) is 3.29. The lowest BCUT2D eigenvalue weighted by Gasteiger charge is -2.59. The molecule has 5 aliphatic rings. The zero-order valence-electron chi connectivity index (χ0n) is 15.5. The molecule has 0 atom stereocenters. The molecule has 4 saturated carbocycles. The van der Waals surface area contributed by atoms with Gasteiger partial charge in [0.25, 0.3) is 5.91 Å². The zero-order chi connectivity index (χ0) is 17.0. The third-order valence-electron chi connectivity index (χ3n) is 7.71. The number of nitrogens with one attached hydrogen (secondary N) is 1. The third-order valence-corrected chi connectivity index (χ3v) is 7.71. The lowest BCUT2D eigenvalue weighted by Crippen LogP contribution is -3.23. The number of hydrogen-bond acceptors (Lipinski definition) is 1. The highest BCUT2D eigenvalue weighted by molar-refractivity contribution is 5.94. The SMILES string of the molecule is Cc1cccc(C(=O)N2CC[NH+](C34CC5CC(CC(C5)C3)C4)CC2)c1. The summed E-state index contributed by atoms with van der Waals surface area (Å²) in [5.41, 5.74) is 2.61. The Morgan fingerprint density at radius 1 is 1.04 bits per heavy atom. The van der Waals surface area contributed by atoms with E-state index in [1.807, 2.05) is 23.1 Å². The highest BCUT2D eigenvalue weighted by atomic mass is 16.2. The Labute approximate surface area is 151 Å².